The Kier molecular flexibility index (Phi) is 2.87. The molecule has 20 heavy (non-hydrogen) atoms. The number of para-hydroxylation sites is 1. The number of carboxylic acids is 1. The van der Waals surface area contributed by atoms with E-state index < -0.39 is 11.8 Å². The lowest BCUT2D eigenvalue weighted by atomic mass is 10.2. The normalized spacial score (nSPS) is 10.9. The third-order valence-corrected chi connectivity index (χ3v) is 3.05. The molecule has 0 fully saturated rings. The van der Waals surface area contributed by atoms with Crippen LogP contribution < -0.4 is 0 Å². The molecule has 7 heteroatoms. The van der Waals surface area contributed by atoms with Gasteiger partial charge >= 0.3 is 5.97 Å². The van der Waals surface area contributed by atoms with Crippen molar-refractivity contribution in [3.05, 3.63) is 53.3 Å². The second kappa shape index (κ2) is 4.57. The number of fused-ring (bicyclic) bond motifs is 1. The third-order valence-electron chi connectivity index (χ3n) is 2.87. The summed E-state index contributed by atoms with van der Waals surface area (Å²) in [6, 6.07) is 6.76. The minimum Gasteiger partial charge on any atom is -0.478 e. The fourth-order valence-corrected chi connectivity index (χ4v) is 2.16. The summed E-state index contributed by atoms with van der Waals surface area (Å²) in [5.74, 6) is -1.87. The standard InChI is InChI=1S/C13H7ClFN3O2/c14-13-16-5-9(15)11(17-13)18-6-8(12(19)20)7-3-1-2-4-10(7)18/h1-6H,(H,19,20). The van der Waals surface area contributed by atoms with Gasteiger partial charge in [-0.25, -0.2) is 14.2 Å². The van der Waals surface area contributed by atoms with E-state index in [1.54, 1.807) is 24.3 Å². The van der Waals surface area contributed by atoms with E-state index in [2.05, 4.69) is 9.97 Å². The van der Waals surface area contributed by atoms with Crippen molar-refractivity contribution in [3.8, 4) is 5.82 Å². The highest BCUT2D eigenvalue weighted by Gasteiger charge is 2.17. The minimum absolute atomic E-state index is 0.0646. The van der Waals surface area contributed by atoms with Crippen LogP contribution in [0.15, 0.2) is 36.7 Å². The van der Waals surface area contributed by atoms with Crippen molar-refractivity contribution in [1.82, 2.24) is 14.5 Å². The van der Waals surface area contributed by atoms with Crippen LogP contribution in [0.3, 0.4) is 0 Å². The van der Waals surface area contributed by atoms with Crippen molar-refractivity contribution >= 4 is 28.5 Å². The second-order valence-corrected chi connectivity index (χ2v) is 4.38. The molecule has 0 unspecified atom stereocenters. The summed E-state index contributed by atoms with van der Waals surface area (Å²) >= 11 is 5.67. The van der Waals surface area contributed by atoms with Gasteiger partial charge in [0.25, 0.3) is 0 Å². The molecule has 1 N–H and O–H groups in total. The van der Waals surface area contributed by atoms with Gasteiger partial charge in [-0.3, -0.25) is 4.57 Å². The zero-order valence-corrected chi connectivity index (χ0v) is 10.7. The minimum atomic E-state index is -1.10. The Morgan fingerprint density at radius 3 is 2.85 bits per heavy atom. The Hall–Kier alpha value is -2.47. The molecule has 0 aliphatic carbocycles. The maximum atomic E-state index is 13.8. The maximum absolute atomic E-state index is 13.8. The molecule has 2 heterocycles. The van der Waals surface area contributed by atoms with Gasteiger partial charge in [-0.15, -0.1) is 0 Å². The molecule has 0 saturated carbocycles. The quantitative estimate of drug-likeness (QED) is 0.737. The number of benzene rings is 1. The summed E-state index contributed by atoms with van der Waals surface area (Å²) in [4.78, 5) is 18.6. The topological polar surface area (TPSA) is 68.0 Å². The Labute approximate surface area is 117 Å². The van der Waals surface area contributed by atoms with Crippen LogP contribution in [-0.2, 0) is 0 Å². The summed E-state index contributed by atoms with van der Waals surface area (Å²) < 4.78 is 15.2. The zero-order chi connectivity index (χ0) is 14.3. The number of nitrogens with zero attached hydrogens (tertiary/aromatic N) is 3. The summed E-state index contributed by atoms with van der Waals surface area (Å²) in [6.45, 7) is 0. The first-order valence-corrected chi connectivity index (χ1v) is 5.97. The summed E-state index contributed by atoms with van der Waals surface area (Å²) in [7, 11) is 0. The van der Waals surface area contributed by atoms with Crippen molar-refractivity contribution in [2.75, 3.05) is 0 Å². The smallest absolute Gasteiger partial charge is 0.337 e. The van der Waals surface area contributed by atoms with Crippen LogP contribution in [0.4, 0.5) is 4.39 Å². The maximum Gasteiger partial charge on any atom is 0.337 e. The molecular formula is C13H7ClFN3O2. The van der Waals surface area contributed by atoms with E-state index in [0.717, 1.165) is 6.20 Å². The van der Waals surface area contributed by atoms with E-state index in [-0.39, 0.29) is 16.7 Å². The van der Waals surface area contributed by atoms with Gasteiger partial charge in [0.05, 0.1) is 17.3 Å². The van der Waals surface area contributed by atoms with Crippen LogP contribution in [-0.4, -0.2) is 25.6 Å². The first-order chi connectivity index (χ1) is 9.58. The largest absolute Gasteiger partial charge is 0.478 e. The summed E-state index contributed by atoms with van der Waals surface area (Å²) in [6.07, 6.45) is 2.26. The molecule has 0 atom stereocenters. The third kappa shape index (κ3) is 1.90. The van der Waals surface area contributed by atoms with Gasteiger partial charge in [0, 0.05) is 11.6 Å². The Morgan fingerprint density at radius 1 is 1.35 bits per heavy atom. The first kappa shape index (κ1) is 12.6. The van der Waals surface area contributed by atoms with Crippen LogP contribution in [0.2, 0.25) is 5.28 Å². The van der Waals surface area contributed by atoms with Gasteiger partial charge in [-0.2, -0.15) is 4.98 Å². The van der Waals surface area contributed by atoms with Gasteiger partial charge in [0.1, 0.15) is 0 Å². The Bertz CT molecular complexity index is 832. The molecule has 100 valence electrons. The van der Waals surface area contributed by atoms with Crippen LogP contribution in [0, 0.1) is 5.82 Å². The molecule has 3 aromatic rings. The predicted octanol–water partition coefficient (Wildman–Crippen LogP) is 2.91. The van der Waals surface area contributed by atoms with E-state index in [0.29, 0.717) is 10.9 Å². The second-order valence-electron chi connectivity index (χ2n) is 4.05. The van der Waals surface area contributed by atoms with Crippen molar-refractivity contribution in [2.45, 2.75) is 0 Å². The lowest BCUT2D eigenvalue weighted by Gasteiger charge is -2.05. The van der Waals surface area contributed by atoms with Crippen LogP contribution in [0.1, 0.15) is 10.4 Å². The molecule has 0 radical (unpaired) electrons. The lowest BCUT2D eigenvalue weighted by Crippen LogP contribution is -2.02. The van der Waals surface area contributed by atoms with Crippen LogP contribution in [0.5, 0.6) is 0 Å². The molecule has 0 aliphatic rings. The van der Waals surface area contributed by atoms with Gasteiger partial charge in [-0.1, -0.05) is 18.2 Å². The molecule has 0 aliphatic heterocycles. The van der Waals surface area contributed by atoms with Gasteiger partial charge in [0.15, 0.2) is 11.6 Å². The highest BCUT2D eigenvalue weighted by Crippen LogP contribution is 2.25. The van der Waals surface area contributed by atoms with E-state index in [1.165, 1.54) is 10.8 Å². The van der Waals surface area contributed by atoms with Crippen LogP contribution >= 0.6 is 11.6 Å². The zero-order valence-electron chi connectivity index (χ0n) is 9.92. The Morgan fingerprint density at radius 2 is 2.10 bits per heavy atom. The molecule has 0 spiro atoms. The first-order valence-electron chi connectivity index (χ1n) is 5.59. The van der Waals surface area contributed by atoms with E-state index >= 15 is 0 Å². The van der Waals surface area contributed by atoms with Crippen molar-refractivity contribution in [1.29, 1.82) is 0 Å². The predicted molar refractivity (Wildman–Crippen MR) is 70.8 cm³/mol. The molecule has 0 amide bonds. The van der Waals surface area contributed by atoms with Gasteiger partial charge in [-0.05, 0) is 17.7 Å². The number of rotatable bonds is 2. The fourth-order valence-electron chi connectivity index (χ4n) is 2.03. The molecular weight excluding hydrogens is 285 g/mol. The highest BCUT2D eigenvalue weighted by molar-refractivity contribution is 6.28. The van der Waals surface area contributed by atoms with Crippen molar-refractivity contribution in [3.63, 3.8) is 0 Å². The monoisotopic (exact) mass is 291 g/mol. The number of hydrogen-bond donors (Lipinski definition) is 1. The number of aromatic nitrogens is 3. The number of carbonyl (C=O) groups is 1. The Balaban J connectivity index is 2.37. The molecule has 5 nitrogen and oxygen atoms in total. The molecule has 2 aromatic heterocycles. The number of halogens is 2. The molecule has 3 rings (SSSR count). The fraction of sp³-hybridized carbons (Fsp3) is 0. The van der Waals surface area contributed by atoms with Crippen molar-refractivity contribution in [2.24, 2.45) is 0 Å². The van der Waals surface area contributed by atoms with Crippen molar-refractivity contribution < 1.29 is 14.3 Å². The lowest BCUT2D eigenvalue weighted by molar-refractivity contribution is 0.0699. The molecule has 0 saturated heterocycles. The summed E-state index contributed by atoms with van der Waals surface area (Å²) in [5, 5.41) is 9.58. The SMILES string of the molecule is O=C(O)c1cn(-c2nc(Cl)ncc2F)c2ccccc12. The number of aromatic carboxylic acids is 1. The highest BCUT2D eigenvalue weighted by atomic mass is 35.5. The summed E-state index contributed by atoms with van der Waals surface area (Å²) in [5.41, 5.74) is 0.591. The number of carboxylic acid groups (broad SMARTS) is 1. The molecule has 1 aromatic carbocycles. The van der Waals surface area contributed by atoms with E-state index in [1.807, 2.05) is 0 Å². The average molecular weight is 292 g/mol. The van der Waals surface area contributed by atoms with Gasteiger partial charge in [0.2, 0.25) is 5.28 Å². The van der Waals surface area contributed by atoms with E-state index in [4.69, 9.17) is 11.6 Å². The van der Waals surface area contributed by atoms with Crippen LogP contribution in [0.25, 0.3) is 16.7 Å². The molecule has 0 bridgehead atoms. The van der Waals surface area contributed by atoms with E-state index in [9.17, 15) is 14.3 Å². The number of hydrogen-bond acceptors (Lipinski definition) is 3. The average Bonchev–Trinajstić information content (AvgIpc) is 2.81. The van der Waals surface area contributed by atoms with Gasteiger partial charge < -0.3 is 5.11 Å².